The molecule has 0 spiro atoms. The Kier molecular flexibility index (Phi) is 10.5. The van der Waals surface area contributed by atoms with Gasteiger partial charge in [0, 0.05) is 5.33 Å². The average Bonchev–Trinajstić information content (AvgIpc) is 2.40. The maximum atomic E-state index is 10.6. The molecule has 0 aliphatic heterocycles. The molecule has 3 N–H and O–H groups in total. The zero-order valence-electron chi connectivity index (χ0n) is 11.3. The average molecular weight is 367 g/mol. The summed E-state index contributed by atoms with van der Waals surface area (Å²) in [6.07, 6.45) is 3.68. The van der Waals surface area contributed by atoms with Gasteiger partial charge < -0.3 is 15.6 Å². The summed E-state index contributed by atoms with van der Waals surface area (Å²) in [5.74, 6) is -0.168. The molecule has 20 heavy (non-hydrogen) atoms. The molecule has 0 amide bonds. The second kappa shape index (κ2) is 10.9. The maximum Gasteiger partial charge on any atom is 0.320 e. The molecular weight excluding hydrogens is 346 g/mol. The number of carboxylic acid groups (broad SMARTS) is 1. The van der Waals surface area contributed by atoms with E-state index in [1.165, 1.54) is 0 Å². The Balaban J connectivity index is 0.00000361. The van der Waals surface area contributed by atoms with Gasteiger partial charge in [0.1, 0.15) is 11.8 Å². The molecule has 0 bridgehead atoms. The maximum absolute atomic E-state index is 10.6. The lowest BCUT2D eigenvalue weighted by atomic mass is 10.1. The molecule has 1 aromatic rings. The van der Waals surface area contributed by atoms with E-state index < -0.39 is 12.0 Å². The molecule has 1 aromatic carbocycles. The lowest BCUT2D eigenvalue weighted by molar-refractivity contribution is -0.138. The summed E-state index contributed by atoms with van der Waals surface area (Å²) >= 11 is 3.39. The molecule has 0 saturated carbocycles. The van der Waals surface area contributed by atoms with Crippen LogP contribution in [0.25, 0.3) is 0 Å². The van der Waals surface area contributed by atoms with Gasteiger partial charge in [-0.15, -0.1) is 12.4 Å². The van der Waals surface area contributed by atoms with Gasteiger partial charge in [0.25, 0.3) is 0 Å². The number of hydrogen-bond donors (Lipinski definition) is 2. The van der Waals surface area contributed by atoms with Crippen molar-refractivity contribution in [2.45, 2.75) is 31.7 Å². The zero-order chi connectivity index (χ0) is 14.1. The smallest absolute Gasteiger partial charge is 0.320 e. The summed E-state index contributed by atoms with van der Waals surface area (Å²) in [5.41, 5.74) is 6.38. The van der Waals surface area contributed by atoms with Gasteiger partial charge >= 0.3 is 5.97 Å². The Morgan fingerprint density at radius 1 is 1.25 bits per heavy atom. The topological polar surface area (TPSA) is 72.5 Å². The Hall–Kier alpha value is -0.780. The van der Waals surface area contributed by atoms with Crippen LogP contribution in [0.1, 0.15) is 24.8 Å². The number of carboxylic acids is 1. The molecule has 0 fully saturated rings. The number of hydrogen-bond acceptors (Lipinski definition) is 3. The Morgan fingerprint density at radius 2 is 1.90 bits per heavy atom. The first kappa shape index (κ1) is 19.2. The van der Waals surface area contributed by atoms with E-state index in [9.17, 15) is 4.79 Å². The highest BCUT2D eigenvalue weighted by Crippen LogP contribution is 2.14. The number of aliphatic carboxylic acids is 1. The molecule has 1 atom stereocenters. The van der Waals surface area contributed by atoms with Crippen LogP contribution < -0.4 is 10.5 Å². The van der Waals surface area contributed by atoms with E-state index in [2.05, 4.69) is 15.9 Å². The fourth-order valence-corrected chi connectivity index (χ4v) is 2.02. The highest BCUT2D eigenvalue weighted by Gasteiger charge is 2.11. The van der Waals surface area contributed by atoms with E-state index >= 15 is 0 Å². The second-order valence-electron chi connectivity index (χ2n) is 4.39. The van der Waals surface area contributed by atoms with E-state index in [0.717, 1.165) is 35.9 Å². The summed E-state index contributed by atoms with van der Waals surface area (Å²) in [6, 6.07) is 6.58. The number of carbonyl (C=O) groups is 1. The third-order valence-corrected chi connectivity index (χ3v) is 3.30. The van der Waals surface area contributed by atoms with Gasteiger partial charge in [0.2, 0.25) is 0 Å². The fraction of sp³-hybridized carbons (Fsp3) is 0.500. The number of benzene rings is 1. The van der Waals surface area contributed by atoms with Crippen LogP contribution in [-0.2, 0) is 11.2 Å². The van der Waals surface area contributed by atoms with E-state index in [-0.39, 0.29) is 12.4 Å². The molecule has 0 radical (unpaired) electrons. The van der Waals surface area contributed by atoms with Crippen molar-refractivity contribution in [1.82, 2.24) is 0 Å². The normalized spacial score (nSPS) is 11.5. The largest absolute Gasteiger partial charge is 0.494 e. The standard InChI is InChI=1S/C14H20BrNO3.ClH/c15-8-2-1-3-9-19-12-6-4-11(5-7-12)10-13(16)14(17)18;/h4-7,13H,1-3,8-10,16H2,(H,17,18);1H. The van der Waals surface area contributed by atoms with Crippen molar-refractivity contribution in [2.75, 3.05) is 11.9 Å². The number of ether oxygens (including phenoxy) is 1. The minimum atomic E-state index is -0.980. The highest BCUT2D eigenvalue weighted by molar-refractivity contribution is 9.09. The molecule has 4 nitrogen and oxygen atoms in total. The van der Waals surface area contributed by atoms with Crippen LogP contribution >= 0.6 is 28.3 Å². The van der Waals surface area contributed by atoms with Crippen molar-refractivity contribution < 1.29 is 14.6 Å². The van der Waals surface area contributed by atoms with Gasteiger partial charge in [0.15, 0.2) is 0 Å². The minimum Gasteiger partial charge on any atom is -0.494 e. The Labute approximate surface area is 134 Å². The number of nitrogens with two attached hydrogens (primary N) is 1. The van der Waals surface area contributed by atoms with E-state index in [4.69, 9.17) is 15.6 Å². The monoisotopic (exact) mass is 365 g/mol. The molecule has 0 aliphatic carbocycles. The van der Waals surface area contributed by atoms with Gasteiger partial charge in [0.05, 0.1) is 6.61 Å². The first-order chi connectivity index (χ1) is 9.13. The van der Waals surface area contributed by atoms with E-state index in [0.29, 0.717) is 13.0 Å². The fourth-order valence-electron chi connectivity index (χ4n) is 1.63. The van der Waals surface area contributed by atoms with Crippen molar-refractivity contribution in [1.29, 1.82) is 0 Å². The van der Waals surface area contributed by atoms with Crippen LogP contribution in [0.15, 0.2) is 24.3 Å². The lowest BCUT2D eigenvalue weighted by Crippen LogP contribution is -2.32. The van der Waals surface area contributed by atoms with Crippen LogP contribution in [0, 0.1) is 0 Å². The van der Waals surface area contributed by atoms with Crippen LogP contribution in [0.4, 0.5) is 0 Å². The van der Waals surface area contributed by atoms with Gasteiger partial charge in [-0.2, -0.15) is 0 Å². The summed E-state index contributed by atoms with van der Waals surface area (Å²) in [7, 11) is 0. The van der Waals surface area contributed by atoms with E-state index in [1.54, 1.807) is 0 Å². The van der Waals surface area contributed by atoms with Crippen LogP contribution in [-0.4, -0.2) is 29.1 Å². The summed E-state index contributed by atoms with van der Waals surface area (Å²) in [4.78, 5) is 10.6. The van der Waals surface area contributed by atoms with Gasteiger partial charge in [-0.1, -0.05) is 28.1 Å². The molecule has 0 saturated heterocycles. The molecule has 0 heterocycles. The molecule has 0 aromatic heterocycles. The van der Waals surface area contributed by atoms with Crippen LogP contribution in [0.5, 0.6) is 5.75 Å². The van der Waals surface area contributed by atoms with Crippen LogP contribution in [0.3, 0.4) is 0 Å². The Morgan fingerprint density at radius 3 is 2.45 bits per heavy atom. The third kappa shape index (κ3) is 7.72. The Bertz CT molecular complexity index is 387. The van der Waals surface area contributed by atoms with Crippen molar-refractivity contribution in [2.24, 2.45) is 5.73 Å². The van der Waals surface area contributed by atoms with Gasteiger partial charge in [-0.05, 0) is 43.4 Å². The minimum absolute atomic E-state index is 0. The highest BCUT2D eigenvalue weighted by atomic mass is 79.9. The third-order valence-electron chi connectivity index (χ3n) is 2.74. The summed E-state index contributed by atoms with van der Waals surface area (Å²) < 4.78 is 5.60. The number of unbranched alkanes of at least 4 members (excludes halogenated alkanes) is 2. The second-order valence-corrected chi connectivity index (χ2v) is 5.18. The first-order valence-corrected chi connectivity index (χ1v) is 7.51. The molecule has 1 unspecified atom stereocenters. The number of alkyl halides is 1. The van der Waals surface area contributed by atoms with Gasteiger partial charge in [-0.25, -0.2) is 0 Å². The quantitative estimate of drug-likeness (QED) is 0.520. The van der Waals surface area contributed by atoms with Gasteiger partial charge in [-0.3, -0.25) is 4.79 Å². The SMILES string of the molecule is Cl.NC(Cc1ccc(OCCCCCBr)cc1)C(=O)O. The molecular formula is C14H21BrClNO3. The summed E-state index contributed by atoms with van der Waals surface area (Å²) in [6.45, 7) is 0.709. The van der Waals surface area contributed by atoms with Crippen molar-refractivity contribution >= 4 is 34.3 Å². The zero-order valence-corrected chi connectivity index (χ0v) is 13.7. The van der Waals surface area contributed by atoms with Crippen LogP contribution in [0.2, 0.25) is 0 Å². The van der Waals surface area contributed by atoms with Crippen molar-refractivity contribution in [3.63, 3.8) is 0 Å². The first-order valence-electron chi connectivity index (χ1n) is 6.39. The molecule has 0 aliphatic rings. The summed E-state index contributed by atoms with van der Waals surface area (Å²) in [5, 5.41) is 9.77. The van der Waals surface area contributed by atoms with Crippen molar-refractivity contribution in [3.8, 4) is 5.75 Å². The number of rotatable bonds is 9. The molecule has 1 rings (SSSR count). The number of halogens is 2. The van der Waals surface area contributed by atoms with Crippen molar-refractivity contribution in [3.05, 3.63) is 29.8 Å². The molecule has 114 valence electrons. The lowest BCUT2D eigenvalue weighted by Gasteiger charge is -2.09. The molecule has 6 heteroatoms. The van der Waals surface area contributed by atoms with E-state index in [1.807, 2.05) is 24.3 Å². The predicted molar refractivity (Wildman–Crippen MR) is 86.1 cm³/mol. The predicted octanol–water partition coefficient (Wildman–Crippen LogP) is 3.01.